The van der Waals surface area contributed by atoms with E-state index in [9.17, 15) is 14.7 Å². The van der Waals surface area contributed by atoms with Crippen LogP contribution >= 0.6 is 11.8 Å². The minimum Gasteiger partial charge on any atom is -0.507 e. The third kappa shape index (κ3) is 4.88. The van der Waals surface area contributed by atoms with Crippen LogP contribution in [0.1, 0.15) is 17.3 Å². The van der Waals surface area contributed by atoms with Crippen LogP contribution < -0.4 is 10.6 Å². The monoisotopic (exact) mass is 459 g/mol. The molecule has 2 heterocycles. The molecule has 4 aromatic rings. The van der Waals surface area contributed by atoms with E-state index in [0.29, 0.717) is 27.9 Å². The molecular formula is C24H21N5O3S. The number of amides is 2. The molecule has 0 radical (unpaired) electrons. The topological polar surface area (TPSA) is 120 Å². The molecule has 0 bridgehead atoms. The number of H-pyrrole nitrogens is 1. The SMILES string of the molecule is CSc1nc(-c2ccccc2NC(=O)c2ccccc2O)c(-c2ccnc(NC(C)=O)c2)[nH]1. The fraction of sp³-hybridized carbons (Fsp3) is 0.0833. The normalized spacial score (nSPS) is 10.6. The van der Waals surface area contributed by atoms with E-state index in [1.807, 2.05) is 30.5 Å². The maximum atomic E-state index is 12.8. The van der Waals surface area contributed by atoms with E-state index >= 15 is 0 Å². The van der Waals surface area contributed by atoms with E-state index in [0.717, 1.165) is 11.3 Å². The van der Waals surface area contributed by atoms with Gasteiger partial charge in [0.15, 0.2) is 5.16 Å². The van der Waals surface area contributed by atoms with Crippen LogP contribution in [0.15, 0.2) is 72.0 Å². The van der Waals surface area contributed by atoms with Crippen LogP contribution in [0.3, 0.4) is 0 Å². The van der Waals surface area contributed by atoms with E-state index < -0.39 is 5.91 Å². The molecule has 166 valence electrons. The number of carbonyl (C=O) groups is 2. The van der Waals surface area contributed by atoms with Crippen LogP contribution in [0.2, 0.25) is 0 Å². The predicted octanol–water partition coefficient (Wildman–Crippen LogP) is 4.78. The molecule has 4 rings (SSSR count). The van der Waals surface area contributed by atoms with Crippen molar-refractivity contribution < 1.29 is 14.7 Å². The average Bonchev–Trinajstić information content (AvgIpc) is 3.24. The highest BCUT2D eigenvalue weighted by Crippen LogP contribution is 2.36. The summed E-state index contributed by atoms with van der Waals surface area (Å²) in [5.74, 6) is -0.321. The van der Waals surface area contributed by atoms with Crippen molar-refractivity contribution in [2.75, 3.05) is 16.9 Å². The third-order valence-electron chi connectivity index (χ3n) is 4.81. The van der Waals surface area contributed by atoms with Crippen LogP contribution in [0.5, 0.6) is 5.75 Å². The number of aromatic amines is 1. The second-order valence-corrected chi connectivity index (χ2v) is 7.89. The van der Waals surface area contributed by atoms with E-state index in [2.05, 4.69) is 20.6 Å². The van der Waals surface area contributed by atoms with Gasteiger partial charge in [-0.1, -0.05) is 42.1 Å². The van der Waals surface area contributed by atoms with Gasteiger partial charge < -0.3 is 20.7 Å². The lowest BCUT2D eigenvalue weighted by Gasteiger charge is -2.12. The maximum absolute atomic E-state index is 12.8. The van der Waals surface area contributed by atoms with Crippen LogP contribution in [0.4, 0.5) is 11.5 Å². The van der Waals surface area contributed by atoms with E-state index in [1.165, 1.54) is 24.8 Å². The van der Waals surface area contributed by atoms with Crippen molar-refractivity contribution in [3.05, 3.63) is 72.4 Å². The van der Waals surface area contributed by atoms with Gasteiger partial charge in [0.1, 0.15) is 11.6 Å². The molecule has 0 atom stereocenters. The highest BCUT2D eigenvalue weighted by Gasteiger charge is 2.19. The Hall–Kier alpha value is -4.11. The Morgan fingerprint density at radius 3 is 2.55 bits per heavy atom. The Morgan fingerprint density at radius 2 is 1.79 bits per heavy atom. The Morgan fingerprint density at radius 1 is 1.03 bits per heavy atom. The summed E-state index contributed by atoms with van der Waals surface area (Å²) in [6.07, 6.45) is 3.52. The summed E-state index contributed by atoms with van der Waals surface area (Å²) in [4.78, 5) is 36.5. The number of imidazole rings is 1. The first-order valence-electron chi connectivity index (χ1n) is 10.0. The number of thioether (sulfide) groups is 1. The zero-order valence-electron chi connectivity index (χ0n) is 17.9. The number of phenolic OH excluding ortho intramolecular Hbond substituents is 1. The zero-order valence-corrected chi connectivity index (χ0v) is 18.7. The first-order valence-corrected chi connectivity index (χ1v) is 11.3. The second-order valence-electron chi connectivity index (χ2n) is 7.10. The molecule has 0 spiro atoms. The molecular weight excluding hydrogens is 438 g/mol. The van der Waals surface area contributed by atoms with Crippen molar-refractivity contribution in [1.29, 1.82) is 0 Å². The molecule has 33 heavy (non-hydrogen) atoms. The third-order valence-corrected chi connectivity index (χ3v) is 5.39. The number of phenols is 1. The van der Waals surface area contributed by atoms with Gasteiger partial charge in [0.2, 0.25) is 5.91 Å². The fourth-order valence-corrected chi connectivity index (χ4v) is 3.73. The minimum absolute atomic E-state index is 0.0973. The molecule has 0 saturated heterocycles. The zero-order chi connectivity index (χ0) is 23.4. The maximum Gasteiger partial charge on any atom is 0.259 e. The Balaban J connectivity index is 1.77. The molecule has 2 aromatic carbocycles. The minimum atomic E-state index is -0.431. The standard InChI is InChI=1S/C24H21N5O3S/c1-14(30)26-20-13-15(11-12-25-20)21-22(29-24(28-21)33-2)16-7-3-5-9-18(16)27-23(32)17-8-4-6-10-19(17)31/h3-13,31H,1-2H3,(H,27,32)(H,28,29)(H,25,26,30). The van der Waals surface area contributed by atoms with Crippen LogP contribution in [-0.4, -0.2) is 38.1 Å². The van der Waals surface area contributed by atoms with Crippen LogP contribution in [0.25, 0.3) is 22.5 Å². The van der Waals surface area contributed by atoms with Crippen molar-refractivity contribution in [3.63, 3.8) is 0 Å². The van der Waals surface area contributed by atoms with Gasteiger partial charge in [-0.2, -0.15) is 0 Å². The summed E-state index contributed by atoms with van der Waals surface area (Å²) in [6.45, 7) is 1.42. The number of para-hydroxylation sites is 2. The number of hydrogen-bond donors (Lipinski definition) is 4. The van der Waals surface area contributed by atoms with Crippen molar-refractivity contribution in [3.8, 4) is 28.3 Å². The van der Waals surface area contributed by atoms with Gasteiger partial charge in [0.25, 0.3) is 5.91 Å². The first-order chi connectivity index (χ1) is 16.0. The lowest BCUT2D eigenvalue weighted by molar-refractivity contribution is -0.114. The number of aromatic hydroxyl groups is 1. The molecule has 0 aliphatic carbocycles. The van der Waals surface area contributed by atoms with Crippen molar-refractivity contribution in [2.45, 2.75) is 12.1 Å². The number of hydrogen-bond acceptors (Lipinski definition) is 6. The summed E-state index contributed by atoms with van der Waals surface area (Å²) in [5.41, 5.74) is 3.55. The van der Waals surface area contributed by atoms with Crippen molar-refractivity contribution in [2.24, 2.45) is 0 Å². The number of nitrogens with zero attached hydrogens (tertiary/aromatic N) is 2. The molecule has 0 unspecified atom stereocenters. The molecule has 4 N–H and O–H groups in total. The smallest absolute Gasteiger partial charge is 0.259 e. The number of benzene rings is 2. The summed E-state index contributed by atoms with van der Waals surface area (Å²) < 4.78 is 0. The van der Waals surface area contributed by atoms with Gasteiger partial charge in [-0.15, -0.1) is 0 Å². The van der Waals surface area contributed by atoms with Gasteiger partial charge in [0, 0.05) is 24.2 Å². The number of nitrogens with one attached hydrogen (secondary N) is 3. The average molecular weight is 460 g/mol. The van der Waals surface area contributed by atoms with Gasteiger partial charge in [-0.05, 0) is 36.6 Å². The summed E-state index contributed by atoms with van der Waals surface area (Å²) in [5, 5.41) is 16.3. The molecule has 0 fully saturated rings. The fourth-order valence-electron chi connectivity index (χ4n) is 3.34. The summed E-state index contributed by atoms with van der Waals surface area (Å²) >= 11 is 1.45. The Labute approximate surface area is 194 Å². The quantitative estimate of drug-likeness (QED) is 0.308. The van der Waals surface area contributed by atoms with Gasteiger partial charge in [-0.3, -0.25) is 9.59 Å². The lowest BCUT2D eigenvalue weighted by atomic mass is 10.0. The Kier molecular flexibility index (Phi) is 6.41. The van der Waals surface area contributed by atoms with Crippen LogP contribution in [-0.2, 0) is 4.79 Å². The van der Waals surface area contributed by atoms with Gasteiger partial charge >= 0.3 is 0 Å². The largest absolute Gasteiger partial charge is 0.507 e. The number of rotatable bonds is 6. The van der Waals surface area contributed by atoms with E-state index in [4.69, 9.17) is 4.98 Å². The lowest BCUT2D eigenvalue weighted by Crippen LogP contribution is -2.12. The number of pyridine rings is 1. The van der Waals surface area contributed by atoms with Crippen LogP contribution in [0, 0.1) is 0 Å². The van der Waals surface area contributed by atoms with E-state index in [1.54, 1.807) is 36.5 Å². The summed E-state index contributed by atoms with van der Waals surface area (Å²) in [6, 6.07) is 17.2. The molecule has 9 heteroatoms. The number of aromatic nitrogens is 3. The van der Waals surface area contributed by atoms with Crippen molar-refractivity contribution >= 4 is 35.1 Å². The highest BCUT2D eigenvalue weighted by molar-refractivity contribution is 7.98. The highest BCUT2D eigenvalue weighted by atomic mass is 32.2. The number of carbonyl (C=O) groups excluding carboxylic acids is 2. The first kappa shape index (κ1) is 22.1. The summed E-state index contributed by atoms with van der Waals surface area (Å²) in [7, 11) is 0. The molecule has 0 aliphatic heterocycles. The van der Waals surface area contributed by atoms with Gasteiger partial charge in [0.05, 0.1) is 22.6 Å². The predicted molar refractivity (Wildman–Crippen MR) is 129 cm³/mol. The molecule has 0 aliphatic rings. The van der Waals surface area contributed by atoms with Gasteiger partial charge in [-0.25, -0.2) is 9.97 Å². The Bertz CT molecular complexity index is 1340. The molecule has 2 aromatic heterocycles. The van der Waals surface area contributed by atoms with E-state index in [-0.39, 0.29) is 17.2 Å². The second kappa shape index (κ2) is 9.58. The number of anilines is 2. The molecule has 8 nitrogen and oxygen atoms in total. The van der Waals surface area contributed by atoms with Crippen molar-refractivity contribution in [1.82, 2.24) is 15.0 Å². The molecule has 2 amide bonds. The molecule has 0 saturated carbocycles.